The van der Waals surface area contributed by atoms with Crippen molar-refractivity contribution in [2.24, 2.45) is 0 Å². The third kappa shape index (κ3) is 3.90. The van der Waals surface area contributed by atoms with Crippen LogP contribution in [0.2, 0.25) is 0 Å². The fraction of sp³-hybridized carbons (Fsp3) is 0.562. The van der Waals surface area contributed by atoms with Crippen LogP contribution >= 0.6 is 11.8 Å². The number of hydrogen-bond acceptors (Lipinski definition) is 7. The van der Waals surface area contributed by atoms with E-state index in [9.17, 15) is 9.59 Å². The third-order valence-electron chi connectivity index (χ3n) is 4.15. The minimum absolute atomic E-state index is 0.0213. The van der Waals surface area contributed by atoms with E-state index in [1.54, 1.807) is 16.7 Å². The molecule has 9 nitrogen and oxygen atoms in total. The molecule has 2 aromatic heterocycles. The van der Waals surface area contributed by atoms with Gasteiger partial charge in [-0.05, 0) is 26.8 Å². The highest BCUT2D eigenvalue weighted by atomic mass is 32.2. The first-order valence-electron chi connectivity index (χ1n) is 8.51. The molecule has 3 rings (SSSR count). The van der Waals surface area contributed by atoms with Crippen LogP contribution in [0.5, 0.6) is 0 Å². The Labute approximate surface area is 155 Å². The lowest BCUT2D eigenvalue weighted by Gasteiger charge is -2.33. The summed E-state index contributed by atoms with van der Waals surface area (Å²) < 4.78 is 6.84. The van der Waals surface area contributed by atoms with Crippen LogP contribution in [-0.4, -0.2) is 79.9 Å². The van der Waals surface area contributed by atoms with Crippen LogP contribution in [0.15, 0.2) is 11.2 Å². The van der Waals surface area contributed by atoms with Gasteiger partial charge in [-0.3, -0.25) is 9.20 Å². The van der Waals surface area contributed by atoms with Gasteiger partial charge in [-0.25, -0.2) is 9.78 Å². The van der Waals surface area contributed by atoms with Crippen molar-refractivity contribution in [3.8, 4) is 0 Å². The van der Waals surface area contributed by atoms with E-state index in [0.29, 0.717) is 43.7 Å². The second-order valence-corrected chi connectivity index (χ2v) is 6.95. The van der Waals surface area contributed by atoms with E-state index >= 15 is 0 Å². The Bertz CT molecular complexity index is 816. The number of rotatable bonds is 4. The molecule has 0 aliphatic carbocycles. The molecule has 0 bridgehead atoms. The lowest BCUT2D eigenvalue weighted by atomic mass is 10.3. The van der Waals surface area contributed by atoms with E-state index in [1.807, 2.05) is 24.3 Å². The molecule has 3 heterocycles. The van der Waals surface area contributed by atoms with Crippen molar-refractivity contribution in [1.29, 1.82) is 0 Å². The summed E-state index contributed by atoms with van der Waals surface area (Å²) in [7, 11) is 0. The zero-order valence-electron chi connectivity index (χ0n) is 15.1. The second kappa shape index (κ2) is 7.90. The molecule has 0 N–H and O–H groups in total. The number of fused-ring (bicyclic) bond motifs is 1. The van der Waals surface area contributed by atoms with E-state index in [2.05, 4.69) is 15.2 Å². The van der Waals surface area contributed by atoms with Gasteiger partial charge in [0, 0.05) is 37.6 Å². The molecule has 0 spiro atoms. The van der Waals surface area contributed by atoms with Gasteiger partial charge in [0.25, 0.3) is 5.78 Å². The quantitative estimate of drug-likeness (QED) is 0.736. The Morgan fingerprint density at radius 1 is 1.15 bits per heavy atom. The van der Waals surface area contributed by atoms with E-state index in [-0.39, 0.29) is 17.8 Å². The number of piperazine rings is 1. The van der Waals surface area contributed by atoms with Crippen LogP contribution in [0.1, 0.15) is 18.3 Å². The average molecular weight is 378 g/mol. The molecule has 1 fully saturated rings. The maximum absolute atomic E-state index is 12.5. The topological polar surface area (TPSA) is 92.9 Å². The molecule has 0 atom stereocenters. The molecule has 0 saturated carbocycles. The highest BCUT2D eigenvalue weighted by Gasteiger charge is 2.25. The number of nitrogens with zero attached hydrogens (tertiary/aromatic N) is 6. The van der Waals surface area contributed by atoms with E-state index < -0.39 is 0 Å². The highest BCUT2D eigenvalue weighted by Crippen LogP contribution is 2.19. The summed E-state index contributed by atoms with van der Waals surface area (Å²) in [6, 6.07) is 1.96. The average Bonchev–Trinajstić information content (AvgIpc) is 3.03. The minimum atomic E-state index is -0.317. The summed E-state index contributed by atoms with van der Waals surface area (Å²) in [6.45, 7) is 8.02. The van der Waals surface area contributed by atoms with Crippen LogP contribution in [0.3, 0.4) is 0 Å². The number of aryl methyl sites for hydroxylation is 2. The molecule has 0 radical (unpaired) electrons. The number of carbonyl (C=O) groups is 2. The maximum atomic E-state index is 12.5. The monoisotopic (exact) mass is 378 g/mol. The van der Waals surface area contributed by atoms with Crippen LogP contribution in [0, 0.1) is 13.8 Å². The van der Waals surface area contributed by atoms with Gasteiger partial charge in [-0.2, -0.15) is 0 Å². The first-order valence-corrected chi connectivity index (χ1v) is 9.49. The Balaban J connectivity index is 1.56. The van der Waals surface area contributed by atoms with E-state index in [4.69, 9.17) is 4.74 Å². The largest absolute Gasteiger partial charge is 0.450 e. The van der Waals surface area contributed by atoms with Gasteiger partial charge in [0.15, 0.2) is 5.16 Å². The number of thioether (sulfide) groups is 1. The molecule has 1 aliphatic rings. The summed E-state index contributed by atoms with van der Waals surface area (Å²) in [5, 5.41) is 8.88. The van der Waals surface area contributed by atoms with Crippen LogP contribution in [0.25, 0.3) is 5.78 Å². The maximum Gasteiger partial charge on any atom is 0.409 e. The summed E-state index contributed by atoms with van der Waals surface area (Å²) in [4.78, 5) is 31.9. The smallest absolute Gasteiger partial charge is 0.409 e. The second-order valence-electron chi connectivity index (χ2n) is 6.01. The summed E-state index contributed by atoms with van der Waals surface area (Å²) >= 11 is 1.35. The predicted octanol–water partition coefficient (Wildman–Crippen LogP) is 1.13. The standard InChI is InChI=1S/C16H22N6O3S/c1-4-25-16(24)21-7-5-20(6-8-21)13(23)10-26-15-19-18-14-17-11(2)9-12(3)22(14)15/h9H,4-8,10H2,1-3H3. The zero-order valence-corrected chi connectivity index (χ0v) is 16.0. The highest BCUT2D eigenvalue weighted by molar-refractivity contribution is 7.99. The summed E-state index contributed by atoms with van der Waals surface area (Å²) in [6.07, 6.45) is -0.317. The van der Waals surface area contributed by atoms with E-state index in [0.717, 1.165) is 11.4 Å². The molecule has 2 aromatic rings. The number of ether oxygens (including phenoxy) is 1. The molecule has 26 heavy (non-hydrogen) atoms. The fourth-order valence-electron chi connectivity index (χ4n) is 2.86. The molecule has 1 aliphatic heterocycles. The lowest BCUT2D eigenvalue weighted by molar-refractivity contribution is -0.129. The van der Waals surface area contributed by atoms with Crippen molar-refractivity contribution in [1.82, 2.24) is 29.4 Å². The van der Waals surface area contributed by atoms with Gasteiger partial charge in [0.05, 0.1) is 12.4 Å². The van der Waals surface area contributed by atoms with Crippen molar-refractivity contribution in [2.75, 3.05) is 38.5 Å². The molecule has 0 unspecified atom stereocenters. The van der Waals surface area contributed by atoms with Crippen molar-refractivity contribution < 1.29 is 14.3 Å². The fourth-order valence-corrected chi connectivity index (χ4v) is 3.75. The molecule has 1 saturated heterocycles. The number of amides is 2. The molecular weight excluding hydrogens is 356 g/mol. The molecule has 10 heteroatoms. The first kappa shape index (κ1) is 18.4. The molecule has 140 valence electrons. The number of carbonyl (C=O) groups excluding carboxylic acids is 2. The van der Waals surface area contributed by atoms with Crippen molar-refractivity contribution in [3.63, 3.8) is 0 Å². The molecule has 0 aromatic carbocycles. The Hall–Kier alpha value is -2.36. The number of hydrogen-bond donors (Lipinski definition) is 0. The van der Waals surface area contributed by atoms with Gasteiger partial charge in [0.2, 0.25) is 5.91 Å². The van der Waals surface area contributed by atoms with Gasteiger partial charge in [0.1, 0.15) is 0 Å². The zero-order chi connectivity index (χ0) is 18.7. The minimum Gasteiger partial charge on any atom is -0.450 e. The molecular formula is C16H22N6O3S. The summed E-state index contributed by atoms with van der Waals surface area (Å²) in [5.74, 6) is 0.835. The van der Waals surface area contributed by atoms with Crippen LogP contribution < -0.4 is 0 Å². The Morgan fingerprint density at radius 2 is 1.85 bits per heavy atom. The van der Waals surface area contributed by atoms with Crippen LogP contribution in [0.4, 0.5) is 4.79 Å². The SMILES string of the molecule is CCOC(=O)N1CCN(C(=O)CSc2nnc3nc(C)cc(C)n23)CC1. The molecule has 2 amide bonds. The number of aromatic nitrogens is 4. The Kier molecular flexibility index (Phi) is 5.60. The summed E-state index contributed by atoms with van der Waals surface area (Å²) in [5.41, 5.74) is 1.87. The van der Waals surface area contributed by atoms with Crippen molar-refractivity contribution >= 4 is 29.5 Å². The normalized spacial score (nSPS) is 14.7. The van der Waals surface area contributed by atoms with Gasteiger partial charge in [-0.15, -0.1) is 10.2 Å². The Morgan fingerprint density at radius 3 is 2.54 bits per heavy atom. The van der Waals surface area contributed by atoms with Gasteiger partial charge >= 0.3 is 6.09 Å². The lowest BCUT2D eigenvalue weighted by Crippen LogP contribution is -2.51. The third-order valence-corrected chi connectivity index (χ3v) is 5.06. The van der Waals surface area contributed by atoms with Crippen LogP contribution in [-0.2, 0) is 9.53 Å². The van der Waals surface area contributed by atoms with E-state index in [1.165, 1.54) is 11.8 Å². The first-order chi connectivity index (χ1) is 12.5. The van der Waals surface area contributed by atoms with Gasteiger partial charge in [-0.1, -0.05) is 11.8 Å². The van der Waals surface area contributed by atoms with Crippen molar-refractivity contribution in [2.45, 2.75) is 25.9 Å². The van der Waals surface area contributed by atoms with Gasteiger partial charge < -0.3 is 14.5 Å². The van der Waals surface area contributed by atoms with Crippen molar-refractivity contribution in [3.05, 3.63) is 17.5 Å². The predicted molar refractivity (Wildman–Crippen MR) is 96.2 cm³/mol.